The van der Waals surface area contributed by atoms with Gasteiger partial charge in [0, 0.05) is 12.0 Å². The van der Waals surface area contributed by atoms with E-state index >= 15 is 0 Å². The van der Waals surface area contributed by atoms with E-state index in [-0.39, 0.29) is 6.42 Å². The van der Waals surface area contributed by atoms with E-state index in [1.165, 1.54) is 0 Å². The summed E-state index contributed by atoms with van der Waals surface area (Å²) in [5, 5.41) is 10.5. The molecule has 0 spiro atoms. The van der Waals surface area contributed by atoms with Crippen LogP contribution in [-0.2, 0) is 11.2 Å². The van der Waals surface area contributed by atoms with Crippen LogP contribution in [0.25, 0.3) is 0 Å². The molecule has 1 aromatic carbocycles. The number of nitrogens with two attached hydrogens (primary N) is 1. The zero-order valence-corrected chi connectivity index (χ0v) is 8.10. The Morgan fingerprint density at radius 1 is 1.47 bits per heavy atom. The molecule has 0 fully saturated rings. The van der Waals surface area contributed by atoms with Gasteiger partial charge in [0.1, 0.15) is 6.04 Å². The molecule has 1 rings (SSSR count). The lowest BCUT2D eigenvalue weighted by atomic mass is 10.0. The predicted octanol–water partition coefficient (Wildman–Crippen LogP) is -2.31. The minimum Gasteiger partial charge on any atom is -0.544 e. The topological polar surface area (TPSA) is 111 Å². The molecule has 5 N–H and O–H groups in total. The number of rotatable bonds is 4. The number of carboxylic acid groups (broad SMARTS) is 1. The van der Waals surface area contributed by atoms with Gasteiger partial charge < -0.3 is 21.4 Å². The Balaban J connectivity index is 2.82. The van der Waals surface area contributed by atoms with E-state index in [1.54, 1.807) is 24.3 Å². The lowest BCUT2D eigenvalue weighted by Gasteiger charge is -2.09. The summed E-state index contributed by atoms with van der Waals surface area (Å²) in [7, 11) is 0. The first kappa shape index (κ1) is 11.2. The van der Waals surface area contributed by atoms with Crippen molar-refractivity contribution in [1.29, 1.82) is 0 Å². The van der Waals surface area contributed by atoms with E-state index < -0.39 is 17.9 Å². The number of quaternary nitrogens is 1. The highest BCUT2D eigenvalue weighted by atomic mass is 16.4. The molecule has 0 radical (unpaired) electrons. The fourth-order valence-electron chi connectivity index (χ4n) is 1.22. The average Bonchev–Trinajstić information content (AvgIpc) is 2.18. The fourth-order valence-corrected chi connectivity index (χ4v) is 1.22. The molecule has 0 aromatic heterocycles. The summed E-state index contributed by atoms with van der Waals surface area (Å²) in [5.74, 6) is -1.75. The Bertz CT molecular complexity index is 390. The molecular formula is C10H12N2O3. The van der Waals surface area contributed by atoms with E-state index in [2.05, 4.69) is 5.73 Å². The van der Waals surface area contributed by atoms with Crippen LogP contribution in [0.15, 0.2) is 24.3 Å². The molecule has 0 saturated carbocycles. The van der Waals surface area contributed by atoms with Crippen molar-refractivity contribution in [3.05, 3.63) is 35.4 Å². The summed E-state index contributed by atoms with van der Waals surface area (Å²) in [6.45, 7) is 0. The predicted molar refractivity (Wildman–Crippen MR) is 50.3 cm³/mol. The van der Waals surface area contributed by atoms with Gasteiger partial charge in [0.2, 0.25) is 5.91 Å². The van der Waals surface area contributed by atoms with Gasteiger partial charge >= 0.3 is 0 Å². The van der Waals surface area contributed by atoms with Crippen LogP contribution in [0.3, 0.4) is 0 Å². The average molecular weight is 208 g/mol. The van der Waals surface area contributed by atoms with Crippen LogP contribution < -0.4 is 16.6 Å². The number of amides is 1. The van der Waals surface area contributed by atoms with Crippen LogP contribution in [0.5, 0.6) is 0 Å². The van der Waals surface area contributed by atoms with Crippen LogP contribution >= 0.6 is 0 Å². The second-order valence-corrected chi connectivity index (χ2v) is 3.28. The smallest absolute Gasteiger partial charge is 0.248 e. The monoisotopic (exact) mass is 208 g/mol. The van der Waals surface area contributed by atoms with Crippen molar-refractivity contribution in [2.45, 2.75) is 12.5 Å². The summed E-state index contributed by atoms with van der Waals surface area (Å²) < 4.78 is 0. The first-order valence-electron chi connectivity index (χ1n) is 4.43. The molecular weight excluding hydrogens is 196 g/mol. The Labute approximate surface area is 86.7 Å². The second kappa shape index (κ2) is 4.56. The Morgan fingerprint density at radius 2 is 2.13 bits per heavy atom. The second-order valence-electron chi connectivity index (χ2n) is 3.28. The largest absolute Gasteiger partial charge is 0.544 e. The zero-order chi connectivity index (χ0) is 11.4. The minimum absolute atomic E-state index is 0.226. The molecule has 0 aliphatic carbocycles. The maximum absolute atomic E-state index is 10.9. The highest BCUT2D eigenvalue weighted by Crippen LogP contribution is 2.06. The third-order valence-electron chi connectivity index (χ3n) is 2.03. The standard InChI is InChI=1S/C10H12N2O3/c11-8(10(14)15)5-6-2-1-3-7(4-6)9(12)13/h1-4,8H,5,11H2,(H2,12,13)(H,14,15)/t8-/m1/s1. The van der Waals surface area contributed by atoms with Crippen molar-refractivity contribution in [3.63, 3.8) is 0 Å². The van der Waals surface area contributed by atoms with Gasteiger partial charge in [-0.25, -0.2) is 0 Å². The molecule has 5 heteroatoms. The number of benzene rings is 1. The molecule has 80 valence electrons. The number of carboxylic acids is 1. The first-order valence-corrected chi connectivity index (χ1v) is 4.43. The van der Waals surface area contributed by atoms with E-state index in [9.17, 15) is 14.7 Å². The summed E-state index contributed by atoms with van der Waals surface area (Å²) in [4.78, 5) is 21.3. The number of hydrogen-bond acceptors (Lipinski definition) is 3. The van der Waals surface area contributed by atoms with Gasteiger partial charge in [0.15, 0.2) is 0 Å². The number of carbonyl (C=O) groups excluding carboxylic acids is 2. The van der Waals surface area contributed by atoms with Crippen LogP contribution in [-0.4, -0.2) is 17.9 Å². The summed E-state index contributed by atoms with van der Waals surface area (Å²) >= 11 is 0. The van der Waals surface area contributed by atoms with Crippen LogP contribution in [0.1, 0.15) is 15.9 Å². The third-order valence-corrected chi connectivity index (χ3v) is 2.03. The normalized spacial score (nSPS) is 12.1. The highest BCUT2D eigenvalue weighted by Gasteiger charge is 2.09. The number of carbonyl (C=O) groups is 2. The van der Waals surface area contributed by atoms with Crippen LogP contribution in [0, 0.1) is 0 Å². The maximum Gasteiger partial charge on any atom is 0.248 e. The van der Waals surface area contributed by atoms with Gasteiger partial charge in [0.05, 0.1) is 5.97 Å². The highest BCUT2D eigenvalue weighted by molar-refractivity contribution is 5.92. The lowest BCUT2D eigenvalue weighted by Crippen LogP contribution is -2.69. The Kier molecular flexibility index (Phi) is 3.41. The quantitative estimate of drug-likeness (QED) is 0.579. The van der Waals surface area contributed by atoms with Gasteiger partial charge in [-0.3, -0.25) is 4.79 Å². The van der Waals surface area contributed by atoms with E-state index in [0.29, 0.717) is 11.1 Å². The molecule has 0 unspecified atom stereocenters. The fraction of sp³-hybridized carbons (Fsp3) is 0.200. The van der Waals surface area contributed by atoms with Gasteiger partial charge in [-0.1, -0.05) is 12.1 Å². The molecule has 0 heterocycles. The van der Waals surface area contributed by atoms with E-state index in [4.69, 9.17) is 5.73 Å². The zero-order valence-electron chi connectivity index (χ0n) is 8.10. The summed E-state index contributed by atoms with van der Waals surface area (Å²) in [6.07, 6.45) is 0.226. The van der Waals surface area contributed by atoms with Crippen LogP contribution in [0.2, 0.25) is 0 Å². The molecule has 0 bridgehead atoms. The van der Waals surface area contributed by atoms with Crippen molar-refractivity contribution in [1.82, 2.24) is 0 Å². The van der Waals surface area contributed by atoms with Crippen molar-refractivity contribution in [2.24, 2.45) is 5.73 Å². The molecule has 1 atom stereocenters. The van der Waals surface area contributed by atoms with Crippen molar-refractivity contribution in [2.75, 3.05) is 0 Å². The lowest BCUT2D eigenvalue weighted by molar-refractivity contribution is -0.437. The van der Waals surface area contributed by atoms with Crippen molar-refractivity contribution < 1.29 is 20.4 Å². The maximum atomic E-state index is 10.9. The summed E-state index contributed by atoms with van der Waals surface area (Å²) in [5.41, 5.74) is 9.58. The Morgan fingerprint density at radius 3 is 2.67 bits per heavy atom. The first-order chi connectivity index (χ1) is 7.00. The summed E-state index contributed by atoms with van der Waals surface area (Å²) in [6, 6.07) is 5.67. The Hall–Kier alpha value is -1.88. The molecule has 0 saturated heterocycles. The molecule has 1 amide bonds. The number of primary amides is 1. The van der Waals surface area contributed by atoms with Gasteiger partial charge in [0.25, 0.3) is 0 Å². The van der Waals surface area contributed by atoms with Crippen LogP contribution in [0.4, 0.5) is 0 Å². The molecule has 15 heavy (non-hydrogen) atoms. The minimum atomic E-state index is -1.21. The molecule has 0 aliphatic rings. The molecule has 1 aromatic rings. The third kappa shape index (κ3) is 3.07. The van der Waals surface area contributed by atoms with E-state index in [0.717, 1.165) is 0 Å². The van der Waals surface area contributed by atoms with E-state index in [1.807, 2.05) is 0 Å². The number of aliphatic carboxylic acids is 1. The van der Waals surface area contributed by atoms with Crippen molar-refractivity contribution in [3.8, 4) is 0 Å². The van der Waals surface area contributed by atoms with Gasteiger partial charge in [-0.2, -0.15) is 0 Å². The van der Waals surface area contributed by atoms with Gasteiger partial charge in [-0.15, -0.1) is 0 Å². The SMILES string of the molecule is NC(=O)c1cccc(C[C@@H]([NH3+])C(=O)[O-])c1. The molecule has 0 aliphatic heterocycles. The van der Waals surface area contributed by atoms with Gasteiger partial charge in [-0.05, 0) is 17.7 Å². The molecule has 5 nitrogen and oxygen atoms in total. The number of hydrogen-bond donors (Lipinski definition) is 2. The van der Waals surface area contributed by atoms with Crippen molar-refractivity contribution >= 4 is 11.9 Å².